The van der Waals surface area contributed by atoms with E-state index < -0.39 is 0 Å². The molecule has 0 radical (unpaired) electrons. The Bertz CT molecular complexity index is 524. The van der Waals surface area contributed by atoms with E-state index in [4.69, 9.17) is 0 Å². The maximum atomic E-state index is 4.47. The topological polar surface area (TPSA) is 17.8 Å². The maximum Gasteiger partial charge on any atom is 0.0521 e. The first kappa shape index (κ1) is 12.9. The number of nitrogens with zero attached hydrogens (tertiary/aromatic N) is 2. The van der Waals surface area contributed by atoms with Gasteiger partial charge in [-0.25, -0.2) is 0 Å². The van der Waals surface area contributed by atoms with Gasteiger partial charge in [0.05, 0.1) is 6.20 Å². The van der Waals surface area contributed by atoms with Crippen LogP contribution in [0.3, 0.4) is 0 Å². The molecule has 0 saturated heterocycles. The van der Waals surface area contributed by atoms with Gasteiger partial charge in [-0.15, -0.1) is 0 Å². The Morgan fingerprint density at radius 3 is 2.44 bits per heavy atom. The average Bonchev–Trinajstić information content (AvgIpc) is 2.70. The highest BCUT2D eigenvalue weighted by molar-refractivity contribution is 5.27. The van der Waals surface area contributed by atoms with Crippen LogP contribution in [0.2, 0.25) is 0 Å². The Kier molecular flexibility index (Phi) is 3.85. The van der Waals surface area contributed by atoms with Crippen molar-refractivity contribution in [2.24, 2.45) is 0 Å². The largest absolute Gasteiger partial charge is 0.267 e. The van der Waals surface area contributed by atoms with Gasteiger partial charge >= 0.3 is 0 Å². The van der Waals surface area contributed by atoms with E-state index in [0.717, 1.165) is 12.8 Å². The van der Waals surface area contributed by atoms with Crippen molar-refractivity contribution in [3.63, 3.8) is 0 Å². The summed E-state index contributed by atoms with van der Waals surface area (Å²) in [6.45, 7) is 8.70. The van der Waals surface area contributed by atoms with Gasteiger partial charge in [0.1, 0.15) is 0 Å². The van der Waals surface area contributed by atoms with Crippen LogP contribution >= 0.6 is 0 Å². The molecule has 18 heavy (non-hydrogen) atoms. The van der Waals surface area contributed by atoms with Crippen LogP contribution in [0.25, 0.3) is 0 Å². The Hall–Kier alpha value is -1.57. The van der Waals surface area contributed by atoms with Crippen LogP contribution in [0.4, 0.5) is 0 Å². The van der Waals surface area contributed by atoms with Crippen molar-refractivity contribution >= 4 is 0 Å². The molecule has 0 aliphatic carbocycles. The van der Waals surface area contributed by atoms with Crippen LogP contribution in [0.1, 0.15) is 42.3 Å². The molecule has 0 spiro atoms. The Balaban J connectivity index is 2.16. The molecule has 96 valence electrons. The van der Waals surface area contributed by atoms with Crippen molar-refractivity contribution in [1.29, 1.82) is 0 Å². The Morgan fingerprint density at radius 2 is 1.78 bits per heavy atom. The van der Waals surface area contributed by atoms with E-state index in [1.165, 1.54) is 22.4 Å². The number of rotatable bonds is 4. The SMILES string of the molecule is Cc1ccccc1CCc1c(C)cnn1C(C)C. The third-order valence-electron chi connectivity index (χ3n) is 3.49. The molecule has 2 nitrogen and oxygen atoms in total. The molecule has 0 atom stereocenters. The van der Waals surface area contributed by atoms with Crippen molar-refractivity contribution in [1.82, 2.24) is 9.78 Å². The van der Waals surface area contributed by atoms with E-state index in [1.807, 2.05) is 6.20 Å². The number of benzene rings is 1. The van der Waals surface area contributed by atoms with E-state index in [1.54, 1.807) is 0 Å². The molecule has 0 amide bonds. The molecule has 1 heterocycles. The lowest BCUT2D eigenvalue weighted by molar-refractivity contribution is 0.507. The number of aromatic nitrogens is 2. The predicted octanol–water partition coefficient (Wildman–Crippen LogP) is 3.87. The second-order valence-electron chi connectivity index (χ2n) is 5.24. The van der Waals surface area contributed by atoms with Gasteiger partial charge in [-0.2, -0.15) is 5.10 Å². The highest BCUT2D eigenvalue weighted by atomic mass is 15.3. The zero-order valence-corrected chi connectivity index (χ0v) is 11.8. The van der Waals surface area contributed by atoms with Crippen LogP contribution in [0.15, 0.2) is 30.5 Å². The minimum atomic E-state index is 0.436. The molecule has 1 aromatic carbocycles. The molecular weight excluding hydrogens is 220 g/mol. The summed E-state index contributed by atoms with van der Waals surface area (Å²) in [6.07, 6.45) is 4.13. The highest BCUT2D eigenvalue weighted by Crippen LogP contribution is 2.17. The van der Waals surface area contributed by atoms with Crippen LogP contribution < -0.4 is 0 Å². The molecule has 0 unspecified atom stereocenters. The van der Waals surface area contributed by atoms with Gasteiger partial charge in [0.25, 0.3) is 0 Å². The predicted molar refractivity (Wildman–Crippen MR) is 75.9 cm³/mol. The van der Waals surface area contributed by atoms with Crippen molar-refractivity contribution in [2.75, 3.05) is 0 Å². The molecule has 2 aromatic rings. The first-order chi connectivity index (χ1) is 8.59. The Morgan fingerprint density at radius 1 is 1.06 bits per heavy atom. The zero-order chi connectivity index (χ0) is 13.1. The fourth-order valence-electron chi connectivity index (χ4n) is 2.37. The summed E-state index contributed by atoms with van der Waals surface area (Å²) in [5, 5.41) is 4.47. The molecule has 2 rings (SSSR count). The standard InChI is InChI=1S/C16H22N2/c1-12(2)18-16(14(4)11-17-18)10-9-15-8-6-5-7-13(15)3/h5-8,11-12H,9-10H2,1-4H3. The van der Waals surface area contributed by atoms with E-state index >= 15 is 0 Å². The highest BCUT2D eigenvalue weighted by Gasteiger charge is 2.10. The lowest BCUT2D eigenvalue weighted by Crippen LogP contribution is -2.09. The fraction of sp³-hybridized carbons (Fsp3) is 0.438. The smallest absolute Gasteiger partial charge is 0.0521 e. The minimum absolute atomic E-state index is 0.436. The number of hydrogen-bond donors (Lipinski definition) is 0. The van der Waals surface area contributed by atoms with Gasteiger partial charge in [0, 0.05) is 11.7 Å². The molecule has 2 heteroatoms. The van der Waals surface area contributed by atoms with Crippen molar-refractivity contribution in [3.05, 3.63) is 52.8 Å². The van der Waals surface area contributed by atoms with Crippen LogP contribution in [-0.4, -0.2) is 9.78 Å². The minimum Gasteiger partial charge on any atom is -0.267 e. The first-order valence-corrected chi connectivity index (χ1v) is 6.67. The van der Waals surface area contributed by atoms with Gasteiger partial charge in [0.2, 0.25) is 0 Å². The van der Waals surface area contributed by atoms with E-state index in [2.05, 4.69) is 61.7 Å². The first-order valence-electron chi connectivity index (χ1n) is 6.67. The summed E-state index contributed by atoms with van der Waals surface area (Å²) < 4.78 is 2.15. The van der Waals surface area contributed by atoms with Crippen LogP contribution in [0.5, 0.6) is 0 Å². The van der Waals surface area contributed by atoms with E-state index in [9.17, 15) is 0 Å². The second kappa shape index (κ2) is 5.38. The van der Waals surface area contributed by atoms with Gasteiger partial charge in [-0.05, 0) is 57.2 Å². The van der Waals surface area contributed by atoms with Crippen molar-refractivity contribution in [3.8, 4) is 0 Å². The van der Waals surface area contributed by atoms with E-state index in [-0.39, 0.29) is 0 Å². The van der Waals surface area contributed by atoms with E-state index in [0.29, 0.717) is 6.04 Å². The summed E-state index contributed by atoms with van der Waals surface area (Å²) >= 11 is 0. The molecular formula is C16H22N2. The molecule has 0 fully saturated rings. The summed E-state index contributed by atoms with van der Waals surface area (Å²) in [4.78, 5) is 0. The molecule has 1 aromatic heterocycles. The summed E-state index contributed by atoms with van der Waals surface area (Å²) in [5.74, 6) is 0. The normalized spacial score (nSPS) is 11.2. The summed E-state index contributed by atoms with van der Waals surface area (Å²) in [5.41, 5.74) is 5.49. The van der Waals surface area contributed by atoms with Crippen LogP contribution in [0, 0.1) is 13.8 Å². The van der Waals surface area contributed by atoms with Gasteiger partial charge in [0.15, 0.2) is 0 Å². The molecule has 0 aliphatic heterocycles. The van der Waals surface area contributed by atoms with Crippen molar-refractivity contribution in [2.45, 2.75) is 46.6 Å². The van der Waals surface area contributed by atoms with Crippen molar-refractivity contribution < 1.29 is 0 Å². The maximum absolute atomic E-state index is 4.47. The lowest BCUT2D eigenvalue weighted by Gasteiger charge is -2.12. The van der Waals surface area contributed by atoms with Gasteiger partial charge in [-0.3, -0.25) is 4.68 Å². The van der Waals surface area contributed by atoms with Gasteiger partial charge in [-0.1, -0.05) is 24.3 Å². The fourth-order valence-corrected chi connectivity index (χ4v) is 2.37. The molecule has 0 aliphatic rings. The monoisotopic (exact) mass is 242 g/mol. The quantitative estimate of drug-likeness (QED) is 0.796. The van der Waals surface area contributed by atoms with Gasteiger partial charge < -0.3 is 0 Å². The summed E-state index contributed by atoms with van der Waals surface area (Å²) in [7, 11) is 0. The zero-order valence-electron chi connectivity index (χ0n) is 11.8. The van der Waals surface area contributed by atoms with Crippen LogP contribution in [-0.2, 0) is 12.8 Å². The lowest BCUT2D eigenvalue weighted by atomic mass is 10.0. The third kappa shape index (κ3) is 2.63. The molecule has 0 saturated carbocycles. The number of aryl methyl sites for hydroxylation is 3. The number of hydrogen-bond acceptors (Lipinski definition) is 1. The molecule has 0 bridgehead atoms. The average molecular weight is 242 g/mol. The summed E-state index contributed by atoms with van der Waals surface area (Å²) in [6, 6.07) is 9.06. The second-order valence-corrected chi connectivity index (χ2v) is 5.24. The Labute approximate surface area is 110 Å². The third-order valence-corrected chi connectivity index (χ3v) is 3.49. The molecule has 0 N–H and O–H groups in total.